The molecule has 0 saturated carbocycles. The summed E-state index contributed by atoms with van der Waals surface area (Å²) in [5.41, 5.74) is 0. The molecule has 0 N–H and O–H groups in total. The molecule has 0 aliphatic carbocycles. The molecule has 0 fully saturated rings. The van der Waals surface area contributed by atoms with Crippen LogP contribution in [0.1, 0.15) is 271 Å². The van der Waals surface area contributed by atoms with Crippen LogP contribution in [0, 0.1) is 0 Å². The Bertz CT molecular complexity index is 1240. The first kappa shape index (κ1) is 62.8. The van der Waals surface area contributed by atoms with Crippen molar-refractivity contribution in [3.05, 3.63) is 72.9 Å². The molecule has 0 aliphatic heterocycles. The highest BCUT2D eigenvalue weighted by atomic mass is 16.6. The summed E-state index contributed by atoms with van der Waals surface area (Å²) in [6.45, 7) is 6.46. The molecule has 0 aromatic rings. The quantitative estimate of drug-likeness (QED) is 0.0262. The van der Waals surface area contributed by atoms with E-state index in [1.807, 2.05) is 0 Å². The molecule has 6 nitrogen and oxygen atoms in total. The van der Waals surface area contributed by atoms with Crippen molar-refractivity contribution < 1.29 is 28.6 Å². The Morgan fingerprint density at radius 1 is 0.318 bits per heavy atom. The molecule has 0 rings (SSSR count). The molecule has 6 heteroatoms. The first-order chi connectivity index (χ1) is 32.5. The Hall–Kier alpha value is -3.15. The Morgan fingerprint density at radius 2 is 0.606 bits per heavy atom. The minimum absolute atomic E-state index is 0.0947. The molecule has 0 aromatic carbocycles. The van der Waals surface area contributed by atoms with Crippen LogP contribution >= 0.6 is 0 Å². The number of ether oxygens (including phenoxy) is 3. The fourth-order valence-electron chi connectivity index (χ4n) is 7.74. The van der Waals surface area contributed by atoms with Gasteiger partial charge in [0.15, 0.2) is 6.10 Å². The van der Waals surface area contributed by atoms with Crippen molar-refractivity contribution in [2.45, 2.75) is 277 Å². The minimum Gasteiger partial charge on any atom is -0.462 e. The Kier molecular flexibility index (Phi) is 51.9. The van der Waals surface area contributed by atoms with Gasteiger partial charge < -0.3 is 14.2 Å². The molecular formula is C60H104O6. The first-order valence-electron chi connectivity index (χ1n) is 27.9. The van der Waals surface area contributed by atoms with Crippen LogP contribution in [-0.2, 0) is 28.6 Å². The van der Waals surface area contributed by atoms with E-state index in [0.29, 0.717) is 19.3 Å². The van der Waals surface area contributed by atoms with Crippen molar-refractivity contribution in [2.75, 3.05) is 13.2 Å². The van der Waals surface area contributed by atoms with Gasteiger partial charge in [0.25, 0.3) is 0 Å². The van der Waals surface area contributed by atoms with Crippen molar-refractivity contribution in [3.63, 3.8) is 0 Å². The van der Waals surface area contributed by atoms with E-state index >= 15 is 0 Å². The van der Waals surface area contributed by atoms with Gasteiger partial charge in [0.05, 0.1) is 0 Å². The molecule has 0 unspecified atom stereocenters. The highest BCUT2D eigenvalue weighted by Gasteiger charge is 2.19. The number of esters is 3. The second-order valence-electron chi connectivity index (χ2n) is 18.5. The maximum atomic E-state index is 12.8. The molecule has 0 heterocycles. The van der Waals surface area contributed by atoms with E-state index in [1.165, 1.54) is 122 Å². The molecule has 66 heavy (non-hydrogen) atoms. The van der Waals surface area contributed by atoms with Crippen LogP contribution in [0.15, 0.2) is 72.9 Å². The second kappa shape index (κ2) is 54.5. The third kappa shape index (κ3) is 51.8. The van der Waals surface area contributed by atoms with Crippen molar-refractivity contribution in [3.8, 4) is 0 Å². The van der Waals surface area contributed by atoms with Crippen LogP contribution in [0.4, 0.5) is 0 Å². The Balaban J connectivity index is 4.41. The van der Waals surface area contributed by atoms with Gasteiger partial charge in [0.2, 0.25) is 0 Å². The predicted octanol–water partition coefficient (Wildman–Crippen LogP) is 18.6. The van der Waals surface area contributed by atoms with E-state index in [0.717, 1.165) is 103 Å². The lowest BCUT2D eigenvalue weighted by molar-refractivity contribution is -0.167. The molecule has 0 spiro atoms. The first-order valence-corrected chi connectivity index (χ1v) is 27.9. The third-order valence-corrected chi connectivity index (χ3v) is 11.9. The smallest absolute Gasteiger partial charge is 0.306 e. The van der Waals surface area contributed by atoms with E-state index in [9.17, 15) is 14.4 Å². The molecule has 0 bridgehead atoms. The monoisotopic (exact) mass is 921 g/mol. The zero-order valence-corrected chi connectivity index (χ0v) is 43.4. The van der Waals surface area contributed by atoms with Gasteiger partial charge in [-0.3, -0.25) is 14.4 Å². The number of hydrogen-bond acceptors (Lipinski definition) is 6. The van der Waals surface area contributed by atoms with Crippen LogP contribution in [-0.4, -0.2) is 37.2 Å². The van der Waals surface area contributed by atoms with Gasteiger partial charge in [-0.1, -0.05) is 241 Å². The summed E-state index contributed by atoms with van der Waals surface area (Å²) in [7, 11) is 0. The van der Waals surface area contributed by atoms with Gasteiger partial charge in [-0.15, -0.1) is 0 Å². The van der Waals surface area contributed by atoms with Crippen LogP contribution < -0.4 is 0 Å². The van der Waals surface area contributed by atoms with Crippen LogP contribution in [0.5, 0.6) is 0 Å². The second-order valence-corrected chi connectivity index (χ2v) is 18.5. The molecule has 380 valence electrons. The van der Waals surface area contributed by atoms with Gasteiger partial charge in [0, 0.05) is 19.3 Å². The minimum atomic E-state index is -0.801. The highest BCUT2D eigenvalue weighted by Crippen LogP contribution is 2.16. The number of allylic oxidation sites excluding steroid dienone is 12. The summed E-state index contributed by atoms with van der Waals surface area (Å²) in [6, 6.07) is 0. The van der Waals surface area contributed by atoms with Gasteiger partial charge in [-0.25, -0.2) is 0 Å². The van der Waals surface area contributed by atoms with E-state index in [2.05, 4.69) is 93.7 Å². The van der Waals surface area contributed by atoms with Crippen LogP contribution in [0.25, 0.3) is 0 Å². The maximum absolute atomic E-state index is 12.8. The van der Waals surface area contributed by atoms with Crippen LogP contribution in [0.3, 0.4) is 0 Å². The topological polar surface area (TPSA) is 78.9 Å². The molecule has 0 amide bonds. The lowest BCUT2D eigenvalue weighted by atomic mass is 10.0. The van der Waals surface area contributed by atoms with Crippen molar-refractivity contribution in [2.24, 2.45) is 0 Å². The van der Waals surface area contributed by atoms with Gasteiger partial charge in [0.1, 0.15) is 13.2 Å². The zero-order chi connectivity index (χ0) is 47.9. The fourth-order valence-corrected chi connectivity index (χ4v) is 7.74. The summed E-state index contributed by atoms with van der Waals surface area (Å²) < 4.78 is 16.8. The largest absolute Gasteiger partial charge is 0.462 e. The summed E-state index contributed by atoms with van der Waals surface area (Å²) in [4.78, 5) is 38.1. The number of rotatable bonds is 50. The van der Waals surface area contributed by atoms with E-state index in [-0.39, 0.29) is 37.5 Å². The highest BCUT2D eigenvalue weighted by molar-refractivity contribution is 5.71. The van der Waals surface area contributed by atoms with Crippen molar-refractivity contribution in [1.82, 2.24) is 0 Å². The zero-order valence-electron chi connectivity index (χ0n) is 43.4. The predicted molar refractivity (Wildman–Crippen MR) is 284 cm³/mol. The molecule has 0 aliphatic rings. The Morgan fingerprint density at radius 3 is 1.00 bits per heavy atom. The average Bonchev–Trinajstić information content (AvgIpc) is 3.31. The number of unbranched alkanes of at least 4 members (excludes halogenated alkanes) is 27. The molecule has 0 radical (unpaired) electrons. The van der Waals surface area contributed by atoms with Gasteiger partial charge in [-0.05, 0) is 83.5 Å². The normalized spacial score (nSPS) is 12.6. The summed E-state index contributed by atoms with van der Waals surface area (Å²) in [5, 5.41) is 0. The van der Waals surface area contributed by atoms with Crippen LogP contribution in [0.2, 0.25) is 0 Å². The Labute approximate surface area is 408 Å². The van der Waals surface area contributed by atoms with Crippen molar-refractivity contribution in [1.29, 1.82) is 0 Å². The number of carbonyl (C=O) groups is 3. The average molecular weight is 921 g/mol. The van der Waals surface area contributed by atoms with Crippen molar-refractivity contribution >= 4 is 17.9 Å². The SMILES string of the molecule is CC/C=C\C/C=C\C/C=C\C/C=C\CCCCC(=O)O[C@H](COC(=O)CCCCCCC/C=C\C/C=C\CCCC)COC(=O)CCCCCCCCCCCCCCCCCCCCC. The standard InChI is InChI=1S/C60H104O6/c1-4-7-10-13-16-19-22-25-28-29-30-31-33-35-38-41-44-47-50-53-59(62)65-56-57(55-64-58(61)52-49-46-43-40-37-34-27-24-21-18-15-12-9-6-3)66-60(63)54-51-48-45-42-39-36-32-26-23-20-17-14-11-8-5-2/h8,11,15,17-18,20,24,26-27,32,39,42,57H,4-7,9-10,12-14,16,19,21-23,25,28-31,33-38,40-41,43-56H2,1-3H3/b11-8-,18-15-,20-17-,27-24-,32-26-,42-39-/t57-/m1/s1. The summed E-state index contributed by atoms with van der Waals surface area (Å²) >= 11 is 0. The maximum Gasteiger partial charge on any atom is 0.306 e. The van der Waals surface area contributed by atoms with E-state index < -0.39 is 6.10 Å². The number of carbonyl (C=O) groups excluding carboxylic acids is 3. The van der Waals surface area contributed by atoms with Gasteiger partial charge in [-0.2, -0.15) is 0 Å². The molecule has 0 aromatic heterocycles. The third-order valence-electron chi connectivity index (χ3n) is 11.9. The van der Waals surface area contributed by atoms with E-state index in [4.69, 9.17) is 14.2 Å². The molecular weight excluding hydrogens is 817 g/mol. The summed E-state index contributed by atoms with van der Waals surface area (Å²) in [6.07, 6.45) is 68.9. The van der Waals surface area contributed by atoms with E-state index in [1.54, 1.807) is 0 Å². The molecule has 0 saturated heterocycles. The lowest BCUT2D eigenvalue weighted by Gasteiger charge is -2.18. The lowest BCUT2D eigenvalue weighted by Crippen LogP contribution is -2.30. The fraction of sp³-hybridized carbons (Fsp3) is 0.750. The van der Waals surface area contributed by atoms with Gasteiger partial charge >= 0.3 is 17.9 Å². The molecule has 1 atom stereocenters. The summed E-state index contributed by atoms with van der Waals surface area (Å²) in [5.74, 6) is -0.944. The number of hydrogen-bond donors (Lipinski definition) is 0.